The first-order valence-electron chi connectivity index (χ1n) is 10.3. The lowest BCUT2D eigenvalue weighted by Crippen LogP contribution is -2.69. The number of ether oxygens (including phenoxy) is 1. The predicted molar refractivity (Wildman–Crippen MR) is 101 cm³/mol. The molecular formula is C20H31N5O. The van der Waals surface area contributed by atoms with E-state index in [4.69, 9.17) is 4.74 Å². The summed E-state index contributed by atoms with van der Waals surface area (Å²) in [6.07, 6.45) is 12.4. The quantitative estimate of drug-likeness (QED) is 0.651. The van der Waals surface area contributed by atoms with Crippen LogP contribution in [0.3, 0.4) is 0 Å². The van der Waals surface area contributed by atoms with Gasteiger partial charge in [-0.1, -0.05) is 12.8 Å². The van der Waals surface area contributed by atoms with E-state index in [2.05, 4.69) is 26.5 Å². The minimum absolute atomic E-state index is 0.375. The zero-order valence-electron chi connectivity index (χ0n) is 16.0. The summed E-state index contributed by atoms with van der Waals surface area (Å²) >= 11 is 0. The van der Waals surface area contributed by atoms with Gasteiger partial charge in [0.1, 0.15) is 0 Å². The maximum atomic E-state index is 6.14. The molecule has 142 valence electrons. The first-order valence-corrected chi connectivity index (χ1v) is 10.3. The minimum atomic E-state index is 0.375. The largest absolute Gasteiger partial charge is 0.377 e. The number of aromatic nitrogens is 2. The van der Waals surface area contributed by atoms with Crippen molar-refractivity contribution in [2.45, 2.75) is 56.6 Å². The van der Waals surface area contributed by atoms with Gasteiger partial charge in [-0.2, -0.15) is 5.10 Å². The highest BCUT2D eigenvalue weighted by molar-refractivity contribution is 5.81. The van der Waals surface area contributed by atoms with Crippen LogP contribution in [0, 0.1) is 11.3 Å². The molecule has 6 heteroatoms. The summed E-state index contributed by atoms with van der Waals surface area (Å²) in [4.78, 5) is 7.11. The molecule has 0 bridgehead atoms. The second-order valence-corrected chi connectivity index (χ2v) is 8.73. The fourth-order valence-corrected chi connectivity index (χ4v) is 6.22. The van der Waals surface area contributed by atoms with Gasteiger partial charge in [-0.3, -0.25) is 9.67 Å². The molecule has 1 aromatic heterocycles. The molecule has 3 heterocycles. The first kappa shape index (κ1) is 16.6. The number of hydrogen-bond donors (Lipinski definition) is 1. The molecule has 4 atom stereocenters. The second kappa shape index (κ2) is 6.25. The standard InChI is InChI=1S/C20H31N5O/c1-21-19(25-9-5-14(13-25)15-11-22-24(2)12-15)23-17-16-6-10-26-18(16)20(17)7-3-4-8-20/h11-12,14,16-18H,3-10,13H2,1-2H3,(H,21,23). The number of aryl methyl sites for hydroxylation is 1. The van der Waals surface area contributed by atoms with Crippen molar-refractivity contribution in [2.24, 2.45) is 23.4 Å². The smallest absolute Gasteiger partial charge is 0.193 e. The summed E-state index contributed by atoms with van der Waals surface area (Å²) in [5.74, 6) is 2.34. The van der Waals surface area contributed by atoms with Crippen molar-refractivity contribution in [2.75, 3.05) is 26.7 Å². The Balaban J connectivity index is 1.29. The normalized spacial score (nSPS) is 35.8. The highest BCUT2D eigenvalue weighted by Gasteiger charge is 2.65. The van der Waals surface area contributed by atoms with Crippen molar-refractivity contribution < 1.29 is 4.74 Å². The number of nitrogens with zero attached hydrogens (tertiary/aromatic N) is 4. The number of fused-ring (bicyclic) bond motifs is 2. The molecule has 0 radical (unpaired) electrons. The Hall–Kier alpha value is -1.56. The minimum Gasteiger partial charge on any atom is -0.377 e. The number of guanidine groups is 1. The molecule has 2 saturated carbocycles. The Morgan fingerprint density at radius 2 is 2.19 bits per heavy atom. The molecule has 0 aromatic carbocycles. The molecule has 6 nitrogen and oxygen atoms in total. The van der Waals surface area contributed by atoms with Crippen LogP contribution in [-0.2, 0) is 11.8 Å². The molecule has 2 saturated heterocycles. The first-order chi connectivity index (χ1) is 12.7. The van der Waals surface area contributed by atoms with E-state index in [0.717, 1.165) is 25.7 Å². The van der Waals surface area contributed by atoms with Gasteiger partial charge >= 0.3 is 0 Å². The fourth-order valence-electron chi connectivity index (χ4n) is 6.22. The number of rotatable bonds is 2. The zero-order valence-corrected chi connectivity index (χ0v) is 16.0. The van der Waals surface area contributed by atoms with E-state index < -0.39 is 0 Å². The van der Waals surface area contributed by atoms with Crippen molar-refractivity contribution in [3.63, 3.8) is 0 Å². The van der Waals surface area contributed by atoms with Gasteiger partial charge in [-0.05, 0) is 31.2 Å². The lowest BCUT2D eigenvalue weighted by Gasteiger charge is -2.57. The van der Waals surface area contributed by atoms with Crippen LogP contribution in [0.1, 0.15) is 50.0 Å². The lowest BCUT2D eigenvalue weighted by molar-refractivity contribution is -0.125. The summed E-state index contributed by atoms with van der Waals surface area (Å²) in [5.41, 5.74) is 1.73. The third-order valence-electron chi connectivity index (χ3n) is 7.47. The van der Waals surface area contributed by atoms with E-state index >= 15 is 0 Å². The van der Waals surface area contributed by atoms with E-state index in [-0.39, 0.29) is 0 Å². The fraction of sp³-hybridized carbons (Fsp3) is 0.800. The zero-order chi connectivity index (χ0) is 17.7. The van der Waals surface area contributed by atoms with Gasteiger partial charge in [-0.15, -0.1) is 0 Å². The Labute approximate surface area is 156 Å². The van der Waals surface area contributed by atoms with E-state index in [9.17, 15) is 0 Å². The average molecular weight is 358 g/mol. The third-order valence-corrected chi connectivity index (χ3v) is 7.47. The lowest BCUT2D eigenvalue weighted by atomic mass is 9.54. The average Bonchev–Trinajstić information content (AvgIpc) is 3.41. The van der Waals surface area contributed by atoms with Crippen LogP contribution in [0.4, 0.5) is 0 Å². The molecule has 4 fully saturated rings. The molecule has 1 spiro atoms. The number of nitrogens with one attached hydrogen (secondary N) is 1. The van der Waals surface area contributed by atoms with Gasteiger partial charge in [-0.25, -0.2) is 0 Å². The van der Waals surface area contributed by atoms with E-state index in [1.807, 2.05) is 25.0 Å². The van der Waals surface area contributed by atoms with Crippen molar-refractivity contribution in [1.29, 1.82) is 0 Å². The molecular weight excluding hydrogens is 326 g/mol. The summed E-state index contributed by atoms with van der Waals surface area (Å²) in [5, 5.41) is 8.25. The molecule has 1 N–H and O–H groups in total. The molecule has 4 aliphatic rings. The highest BCUT2D eigenvalue weighted by atomic mass is 16.5. The van der Waals surface area contributed by atoms with Crippen LogP contribution in [0.2, 0.25) is 0 Å². The second-order valence-electron chi connectivity index (χ2n) is 8.73. The van der Waals surface area contributed by atoms with Crippen LogP contribution >= 0.6 is 0 Å². The van der Waals surface area contributed by atoms with Crippen LogP contribution in [-0.4, -0.2) is 59.5 Å². The Morgan fingerprint density at radius 1 is 1.35 bits per heavy atom. The van der Waals surface area contributed by atoms with Crippen molar-refractivity contribution >= 4 is 5.96 Å². The highest BCUT2D eigenvalue weighted by Crippen LogP contribution is 2.60. The Morgan fingerprint density at radius 3 is 2.92 bits per heavy atom. The van der Waals surface area contributed by atoms with Gasteiger partial charge < -0.3 is 15.0 Å². The SMILES string of the molecule is CN=C(NC1C2CCOC2C12CCCC2)N1CCC(c2cnn(C)c2)C1. The predicted octanol–water partition coefficient (Wildman–Crippen LogP) is 2.13. The Kier molecular flexibility index (Phi) is 3.99. The molecule has 0 amide bonds. The van der Waals surface area contributed by atoms with Crippen molar-refractivity contribution in [3.8, 4) is 0 Å². The maximum absolute atomic E-state index is 6.14. The summed E-state index contributed by atoms with van der Waals surface area (Å²) < 4.78 is 8.04. The monoisotopic (exact) mass is 357 g/mol. The van der Waals surface area contributed by atoms with Crippen molar-refractivity contribution in [3.05, 3.63) is 18.0 Å². The van der Waals surface area contributed by atoms with Crippen LogP contribution in [0.15, 0.2) is 17.4 Å². The summed E-state index contributed by atoms with van der Waals surface area (Å²) in [6, 6.07) is 0.550. The van der Waals surface area contributed by atoms with Gasteiger partial charge in [0.2, 0.25) is 0 Å². The molecule has 2 aliphatic carbocycles. The molecule has 5 rings (SSSR count). The third kappa shape index (κ3) is 2.41. The van der Waals surface area contributed by atoms with Crippen LogP contribution in [0.25, 0.3) is 0 Å². The van der Waals surface area contributed by atoms with Crippen LogP contribution in [0.5, 0.6) is 0 Å². The van der Waals surface area contributed by atoms with Gasteiger partial charge in [0.15, 0.2) is 5.96 Å². The number of hydrogen-bond acceptors (Lipinski definition) is 3. The van der Waals surface area contributed by atoms with Gasteiger partial charge in [0.25, 0.3) is 0 Å². The Bertz CT molecular complexity index is 692. The summed E-state index contributed by atoms with van der Waals surface area (Å²) in [6.45, 7) is 3.06. The van der Waals surface area contributed by atoms with E-state index in [1.54, 1.807) is 0 Å². The van der Waals surface area contributed by atoms with E-state index in [0.29, 0.717) is 29.4 Å². The summed E-state index contributed by atoms with van der Waals surface area (Å²) in [7, 11) is 3.93. The molecule has 1 aromatic rings. The molecule has 4 unspecified atom stereocenters. The maximum Gasteiger partial charge on any atom is 0.193 e. The van der Waals surface area contributed by atoms with Crippen molar-refractivity contribution in [1.82, 2.24) is 20.0 Å². The van der Waals surface area contributed by atoms with Gasteiger partial charge in [0, 0.05) is 63.3 Å². The number of likely N-dealkylation sites (tertiary alicyclic amines) is 1. The molecule has 2 aliphatic heterocycles. The topological polar surface area (TPSA) is 54.7 Å². The number of aliphatic imine (C=N–C) groups is 1. The van der Waals surface area contributed by atoms with Gasteiger partial charge in [0.05, 0.1) is 12.3 Å². The van der Waals surface area contributed by atoms with E-state index in [1.165, 1.54) is 44.1 Å². The molecule has 26 heavy (non-hydrogen) atoms. The van der Waals surface area contributed by atoms with Crippen LogP contribution < -0.4 is 5.32 Å².